The fourth-order valence-corrected chi connectivity index (χ4v) is 3.53. The number of nitrogens with zero attached hydrogens (tertiary/aromatic N) is 1. The van der Waals surface area contributed by atoms with Crippen LogP contribution in [0.5, 0.6) is 0 Å². The van der Waals surface area contributed by atoms with E-state index in [9.17, 15) is 0 Å². The zero-order valence-corrected chi connectivity index (χ0v) is 9.29. The molecule has 3 rings (SSSR count). The fourth-order valence-electron chi connectivity index (χ4n) is 3.53. The topological polar surface area (TPSA) is 3.24 Å². The Kier molecular flexibility index (Phi) is 2.64. The van der Waals surface area contributed by atoms with Gasteiger partial charge in [0.05, 0.1) is 0 Å². The molecule has 76 valence electrons. The monoisotopic (exact) mass is 181 g/mol. The van der Waals surface area contributed by atoms with E-state index in [0.29, 0.717) is 0 Å². The Labute approximate surface area is 82.5 Å². The molecule has 1 nitrogen and oxygen atoms in total. The van der Waals surface area contributed by atoms with Gasteiger partial charge in [-0.1, -0.05) is 20.3 Å². The van der Waals surface area contributed by atoms with E-state index in [1.165, 1.54) is 32.1 Å². The molecule has 1 saturated carbocycles. The van der Waals surface area contributed by atoms with E-state index >= 15 is 0 Å². The van der Waals surface area contributed by atoms with Crippen LogP contribution in [0.3, 0.4) is 0 Å². The minimum Gasteiger partial charge on any atom is -0.300 e. The molecule has 2 heterocycles. The van der Waals surface area contributed by atoms with Gasteiger partial charge < -0.3 is 0 Å². The normalized spacial score (nSPS) is 42.2. The van der Waals surface area contributed by atoms with Crippen molar-refractivity contribution < 1.29 is 0 Å². The maximum absolute atomic E-state index is 2.69. The molecular formula is C12H23N. The zero-order valence-electron chi connectivity index (χ0n) is 9.29. The van der Waals surface area contributed by atoms with E-state index in [1.54, 1.807) is 0 Å². The molecule has 0 radical (unpaired) electrons. The van der Waals surface area contributed by atoms with Crippen LogP contribution in [-0.4, -0.2) is 24.0 Å². The third-order valence-electron chi connectivity index (χ3n) is 4.50. The van der Waals surface area contributed by atoms with Gasteiger partial charge in [-0.25, -0.2) is 0 Å². The van der Waals surface area contributed by atoms with E-state index in [4.69, 9.17) is 0 Å². The van der Waals surface area contributed by atoms with Crippen molar-refractivity contribution in [2.75, 3.05) is 7.05 Å². The summed E-state index contributed by atoms with van der Waals surface area (Å²) in [5.74, 6) is 1.92. The predicted octanol–water partition coefficient (Wildman–Crippen LogP) is 2.91. The third kappa shape index (κ3) is 1.52. The molecule has 1 unspecified atom stereocenters. The van der Waals surface area contributed by atoms with Crippen molar-refractivity contribution in [3.8, 4) is 0 Å². The highest BCUT2D eigenvalue weighted by Crippen LogP contribution is 2.41. The molecule has 0 N–H and O–H groups in total. The van der Waals surface area contributed by atoms with Crippen molar-refractivity contribution in [2.45, 2.75) is 58.0 Å². The lowest BCUT2D eigenvalue weighted by Crippen LogP contribution is -2.55. The zero-order chi connectivity index (χ0) is 9.42. The summed E-state index contributed by atoms with van der Waals surface area (Å²) in [4.78, 5) is 2.69. The van der Waals surface area contributed by atoms with Crippen molar-refractivity contribution in [3.63, 3.8) is 0 Å². The van der Waals surface area contributed by atoms with E-state index in [0.717, 1.165) is 23.9 Å². The van der Waals surface area contributed by atoms with Crippen molar-refractivity contribution >= 4 is 0 Å². The Bertz CT molecular complexity index is 168. The lowest BCUT2D eigenvalue weighted by atomic mass is 9.71. The molecule has 0 aromatic heterocycles. The Morgan fingerprint density at radius 1 is 1.23 bits per heavy atom. The fraction of sp³-hybridized carbons (Fsp3) is 1.00. The Balaban J connectivity index is 2.09. The van der Waals surface area contributed by atoms with Gasteiger partial charge in [0.15, 0.2) is 0 Å². The summed E-state index contributed by atoms with van der Waals surface area (Å²) >= 11 is 0. The number of hydrogen-bond donors (Lipinski definition) is 0. The summed E-state index contributed by atoms with van der Waals surface area (Å²) < 4.78 is 0. The molecule has 2 saturated heterocycles. The highest BCUT2D eigenvalue weighted by Gasteiger charge is 2.41. The molecule has 2 bridgehead atoms. The second kappa shape index (κ2) is 3.61. The van der Waals surface area contributed by atoms with Gasteiger partial charge in [-0.2, -0.15) is 0 Å². The van der Waals surface area contributed by atoms with Crippen LogP contribution in [0, 0.1) is 11.8 Å². The molecule has 3 fully saturated rings. The molecule has 13 heavy (non-hydrogen) atoms. The molecule has 0 aromatic carbocycles. The highest BCUT2D eigenvalue weighted by molar-refractivity contribution is 4.95. The summed E-state index contributed by atoms with van der Waals surface area (Å²) in [6, 6.07) is 1.82. The highest BCUT2D eigenvalue weighted by atomic mass is 15.2. The van der Waals surface area contributed by atoms with Gasteiger partial charge in [-0.3, -0.25) is 4.90 Å². The van der Waals surface area contributed by atoms with E-state index in [-0.39, 0.29) is 0 Å². The lowest BCUT2D eigenvalue weighted by molar-refractivity contribution is -0.0189. The second-order valence-electron chi connectivity index (χ2n) is 5.11. The lowest BCUT2D eigenvalue weighted by Gasteiger charge is -2.52. The van der Waals surface area contributed by atoms with Crippen LogP contribution in [0.2, 0.25) is 0 Å². The van der Waals surface area contributed by atoms with Crippen molar-refractivity contribution in [1.82, 2.24) is 4.90 Å². The Morgan fingerprint density at radius 3 is 2.31 bits per heavy atom. The van der Waals surface area contributed by atoms with Crippen LogP contribution in [0.1, 0.15) is 46.0 Å². The molecule has 1 heteroatoms. The van der Waals surface area contributed by atoms with Crippen LogP contribution in [-0.2, 0) is 0 Å². The minimum atomic E-state index is 0.900. The maximum atomic E-state index is 2.69. The van der Waals surface area contributed by atoms with Gasteiger partial charge in [0.1, 0.15) is 0 Å². The molecule has 0 aromatic rings. The van der Waals surface area contributed by atoms with Crippen molar-refractivity contribution in [1.29, 1.82) is 0 Å². The van der Waals surface area contributed by atoms with E-state index in [2.05, 4.69) is 25.8 Å². The van der Waals surface area contributed by atoms with Crippen LogP contribution in [0.25, 0.3) is 0 Å². The smallest absolute Gasteiger partial charge is 0.0149 e. The Hall–Kier alpha value is -0.0400. The summed E-state index contributed by atoms with van der Waals surface area (Å²) in [7, 11) is 2.35. The van der Waals surface area contributed by atoms with Crippen LogP contribution in [0.4, 0.5) is 0 Å². The molecule has 2 aliphatic heterocycles. The summed E-state index contributed by atoms with van der Waals surface area (Å²) in [6.45, 7) is 4.77. The summed E-state index contributed by atoms with van der Waals surface area (Å²) in [5, 5.41) is 0. The van der Waals surface area contributed by atoms with Gasteiger partial charge in [-0.05, 0) is 44.6 Å². The van der Waals surface area contributed by atoms with Crippen molar-refractivity contribution in [2.24, 2.45) is 11.8 Å². The molecule has 0 spiro atoms. The standard InChI is InChI=1S/C12H23N/c1-4-9(2)12-10-5-7-11(8-6-10)13(12)3/h9-12H,4-8H2,1-3H3/t9?,10?,11?,12-/m1/s1. The summed E-state index contributed by atoms with van der Waals surface area (Å²) in [6.07, 6.45) is 7.29. The van der Waals surface area contributed by atoms with Gasteiger partial charge in [-0.15, -0.1) is 0 Å². The minimum absolute atomic E-state index is 0.900. The predicted molar refractivity (Wildman–Crippen MR) is 56.8 cm³/mol. The van der Waals surface area contributed by atoms with Gasteiger partial charge in [0.2, 0.25) is 0 Å². The average molecular weight is 181 g/mol. The van der Waals surface area contributed by atoms with E-state index < -0.39 is 0 Å². The molecular weight excluding hydrogens is 158 g/mol. The molecule has 3 aliphatic rings. The first-order chi connectivity index (χ1) is 6.24. The third-order valence-corrected chi connectivity index (χ3v) is 4.50. The first-order valence-corrected chi connectivity index (χ1v) is 5.96. The van der Waals surface area contributed by atoms with Crippen LogP contribution >= 0.6 is 0 Å². The number of rotatable bonds is 2. The molecule has 2 atom stereocenters. The first kappa shape index (κ1) is 9.51. The van der Waals surface area contributed by atoms with Gasteiger partial charge in [0, 0.05) is 12.1 Å². The second-order valence-corrected chi connectivity index (χ2v) is 5.11. The average Bonchev–Trinajstić information content (AvgIpc) is 2.18. The Morgan fingerprint density at radius 2 is 1.85 bits per heavy atom. The maximum Gasteiger partial charge on any atom is 0.0149 e. The largest absolute Gasteiger partial charge is 0.300 e. The van der Waals surface area contributed by atoms with Crippen LogP contribution < -0.4 is 0 Å². The number of fused-ring (bicyclic) bond motifs is 3. The summed E-state index contributed by atoms with van der Waals surface area (Å²) in [5.41, 5.74) is 0. The number of hydrogen-bond acceptors (Lipinski definition) is 1. The molecule has 1 aliphatic carbocycles. The quantitative estimate of drug-likeness (QED) is 0.633. The SMILES string of the molecule is CCC(C)[C@@H]1C2CCC(CC2)N1C. The van der Waals surface area contributed by atoms with Crippen molar-refractivity contribution in [3.05, 3.63) is 0 Å². The first-order valence-electron chi connectivity index (χ1n) is 5.96. The van der Waals surface area contributed by atoms with Gasteiger partial charge >= 0.3 is 0 Å². The molecule has 0 amide bonds. The van der Waals surface area contributed by atoms with Crippen LogP contribution in [0.15, 0.2) is 0 Å². The number of piperidine rings is 2. The van der Waals surface area contributed by atoms with Gasteiger partial charge in [0.25, 0.3) is 0 Å². The van der Waals surface area contributed by atoms with E-state index in [1.807, 2.05) is 0 Å².